The van der Waals surface area contributed by atoms with Crippen molar-refractivity contribution in [2.24, 2.45) is 0 Å². The molecule has 2 heterocycles. The Kier molecular flexibility index (Phi) is 6.12. The summed E-state index contributed by atoms with van der Waals surface area (Å²) in [6.07, 6.45) is 1.75. The predicted octanol–water partition coefficient (Wildman–Crippen LogP) is 6.91. The van der Waals surface area contributed by atoms with Gasteiger partial charge in [-0.05, 0) is 36.4 Å². The van der Waals surface area contributed by atoms with E-state index in [-0.39, 0.29) is 0 Å². The van der Waals surface area contributed by atoms with Crippen LogP contribution in [0.25, 0.3) is 21.7 Å². The van der Waals surface area contributed by atoms with Crippen LogP contribution in [0, 0.1) is 18.3 Å². The Hall–Kier alpha value is -3.14. The maximum atomic E-state index is 9.95. The SMILES string of the molecule is CCSc1sc(-c2ccnc(Nc3ccccc3)n2)c(-c2ccc(C)cc2)c1C#N. The Morgan fingerprint density at radius 3 is 2.53 bits per heavy atom. The van der Waals surface area contributed by atoms with Crippen LogP contribution in [0.5, 0.6) is 0 Å². The van der Waals surface area contributed by atoms with E-state index in [4.69, 9.17) is 4.98 Å². The zero-order valence-corrected chi connectivity index (χ0v) is 18.3. The molecule has 2 aromatic heterocycles. The quantitative estimate of drug-likeness (QED) is 0.338. The molecule has 0 saturated carbocycles. The van der Waals surface area contributed by atoms with Gasteiger partial charge in [-0.3, -0.25) is 0 Å². The van der Waals surface area contributed by atoms with Crippen molar-refractivity contribution >= 4 is 34.7 Å². The number of aromatic nitrogens is 2. The van der Waals surface area contributed by atoms with Gasteiger partial charge in [0.1, 0.15) is 6.07 Å². The maximum Gasteiger partial charge on any atom is 0.227 e. The third kappa shape index (κ3) is 4.23. The summed E-state index contributed by atoms with van der Waals surface area (Å²) < 4.78 is 1.03. The van der Waals surface area contributed by atoms with Gasteiger partial charge in [0.15, 0.2) is 0 Å². The first kappa shape index (κ1) is 20.1. The van der Waals surface area contributed by atoms with Crippen molar-refractivity contribution in [3.05, 3.63) is 78.0 Å². The zero-order valence-electron chi connectivity index (χ0n) is 16.7. The van der Waals surface area contributed by atoms with Crippen molar-refractivity contribution < 1.29 is 0 Å². The Balaban J connectivity index is 1.83. The molecule has 0 atom stereocenters. The number of rotatable bonds is 6. The normalized spacial score (nSPS) is 10.6. The highest BCUT2D eigenvalue weighted by molar-refractivity contribution is 8.01. The molecule has 0 fully saturated rings. The van der Waals surface area contributed by atoms with Gasteiger partial charge in [-0.2, -0.15) is 5.26 Å². The molecule has 4 rings (SSSR count). The molecular weight excluding hydrogens is 408 g/mol. The molecule has 2 aromatic carbocycles. The molecule has 6 heteroatoms. The molecule has 4 nitrogen and oxygen atoms in total. The second kappa shape index (κ2) is 9.12. The fraction of sp³-hybridized carbons (Fsp3) is 0.125. The van der Waals surface area contributed by atoms with Crippen LogP contribution in [-0.2, 0) is 0 Å². The molecule has 0 saturated heterocycles. The van der Waals surface area contributed by atoms with Crippen molar-refractivity contribution in [3.63, 3.8) is 0 Å². The van der Waals surface area contributed by atoms with E-state index in [1.165, 1.54) is 5.56 Å². The van der Waals surface area contributed by atoms with Gasteiger partial charge in [0.05, 0.1) is 20.3 Å². The number of benzene rings is 2. The highest BCUT2D eigenvalue weighted by atomic mass is 32.2. The van der Waals surface area contributed by atoms with E-state index in [9.17, 15) is 5.26 Å². The van der Waals surface area contributed by atoms with Crippen LogP contribution < -0.4 is 5.32 Å². The third-order valence-electron chi connectivity index (χ3n) is 4.52. The van der Waals surface area contributed by atoms with Gasteiger partial charge < -0.3 is 5.32 Å². The molecule has 0 spiro atoms. The van der Waals surface area contributed by atoms with Crippen LogP contribution in [0.2, 0.25) is 0 Å². The number of nitrogens with zero attached hydrogens (tertiary/aromatic N) is 3. The monoisotopic (exact) mass is 428 g/mol. The minimum atomic E-state index is 0.533. The summed E-state index contributed by atoms with van der Waals surface area (Å²) in [6.45, 7) is 4.16. The first-order valence-electron chi connectivity index (χ1n) is 9.61. The second-order valence-electron chi connectivity index (χ2n) is 6.64. The Morgan fingerprint density at radius 1 is 1.07 bits per heavy atom. The van der Waals surface area contributed by atoms with Crippen LogP contribution in [0.4, 0.5) is 11.6 Å². The summed E-state index contributed by atoms with van der Waals surface area (Å²) >= 11 is 3.32. The van der Waals surface area contributed by atoms with Crippen molar-refractivity contribution in [3.8, 4) is 27.8 Å². The molecule has 0 aliphatic rings. The van der Waals surface area contributed by atoms with E-state index in [1.54, 1.807) is 29.3 Å². The number of nitrogens with one attached hydrogen (secondary N) is 1. The number of thioether (sulfide) groups is 1. The number of aryl methyl sites for hydroxylation is 1. The zero-order chi connectivity index (χ0) is 20.9. The van der Waals surface area contributed by atoms with E-state index in [2.05, 4.69) is 54.5 Å². The van der Waals surface area contributed by atoms with Crippen molar-refractivity contribution in [2.75, 3.05) is 11.1 Å². The van der Waals surface area contributed by atoms with E-state index in [0.29, 0.717) is 5.95 Å². The highest BCUT2D eigenvalue weighted by Crippen LogP contribution is 2.46. The molecular formula is C24H20N4S2. The summed E-state index contributed by atoms with van der Waals surface area (Å²) in [5, 5.41) is 13.2. The summed E-state index contributed by atoms with van der Waals surface area (Å²) in [7, 11) is 0. The minimum absolute atomic E-state index is 0.533. The molecule has 30 heavy (non-hydrogen) atoms. The van der Waals surface area contributed by atoms with Crippen molar-refractivity contribution in [2.45, 2.75) is 18.1 Å². The number of hydrogen-bond acceptors (Lipinski definition) is 6. The predicted molar refractivity (Wildman–Crippen MR) is 126 cm³/mol. The smallest absolute Gasteiger partial charge is 0.227 e. The lowest BCUT2D eigenvalue weighted by atomic mass is 10.00. The number of anilines is 2. The fourth-order valence-electron chi connectivity index (χ4n) is 3.12. The van der Waals surface area contributed by atoms with Gasteiger partial charge in [0.2, 0.25) is 5.95 Å². The van der Waals surface area contributed by atoms with E-state index < -0.39 is 0 Å². The fourth-order valence-corrected chi connectivity index (χ4v) is 5.49. The molecule has 0 radical (unpaired) electrons. The van der Waals surface area contributed by atoms with Crippen LogP contribution in [0.3, 0.4) is 0 Å². The van der Waals surface area contributed by atoms with E-state index in [0.717, 1.165) is 42.9 Å². The number of nitriles is 1. The number of thiophene rings is 1. The van der Waals surface area contributed by atoms with Crippen molar-refractivity contribution in [1.82, 2.24) is 9.97 Å². The summed E-state index contributed by atoms with van der Waals surface area (Å²) in [6, 6.07) is 22.5. The topological polar surface area (TPSA) is 61.6 Å². The van der Waals surface area contributed by atoms with Crippen LogP contribution in [0.15, 0.2) is 71.1 Å². The van der Waals surface area contributed by atoms with Crippen molar-refractivity contribution in [1.29, 1.82) is 5.26 Å². The highest BCUT2D eigenvalue weighted by Gasteiger charge is 2.22. The molecule has 0 amide bonds. The van der Waals surface area contributed by atoms with Crippen LogP contribution in [0.1, 0.15) is 18.1 Å². The first-order chi connectivity index (χ1) is 14.7. The van der Waals surface area contributed by atoms with Gasteiger partial charge in [0, 0.05) is 17.4 Å². The first-order valence-corrected chi connectivity index (χ1v) is 11.4. The average molecular weight is 429 g/mol. The lowest BCUT2D eigenvalue weighted by molar-refractivity contribution is 1.17. The second-order valence-corrected chi connectivity index (χ2v) is 9.19. The van der Waals surface area contributed by atoms with Gasteiger partial charge in [-0.25, -0.2) is 9.97 Å². The standard InChI is InChI=1S/C24H20N4S2/c1-3-29-23-19(15-25)21(17-11-9-16(2)10-12-17)22(30-23)20-13-14-26-24(28-20)27-18-7-5-4-6-8-18/h4-14H,3H2,1-2H3,(H,26,27,28). The summed E-state index contributed by atoms with van der Waals surface area (Å²) in [5.41, 5.74) is 5.63. The Labute approximate surface area is 184 Å². The third-order valence-corrected chi connectivity index (χ3v) is 6.89. The lowest BCUT2D eigenvalue weighted by Crippen LogP contribution is -1.97. The molecule has 4 aromatic rings. The van der Waals surface area contributed by atoms with E-state index >= 15 is 0 Å². The number of hydrogen-bond donors (Lipinski definition) is 1. The molecule has 0 bridgehead atoms. The average Bonchev–Trinajstić information content (AvgIpc) is 3.14. The van der Waals surface area contributed by atoms with Crippen LogP contribution in [-0.4, -0.2) is 15.7 Å². The lowest BCUT2D eigenvalue weighted by Gasteiger charge is -2.08. The van der Waals surface area contributed by atoms with Gasteiger partial charge >= 0.3 is 0 Å². The van der Waals surface area contributed by atoms with Gasteiger partial charge in [0.25, 0.3) is 0 Å². The minimum Gasteiger partial charge on any atom is -0.324 e. The molecule has 148 valence electrons. The number of para-hydroxylation sites is 1. The summed E-state index contributed by atoms with van der Waals surface area (Å²) in [5.74, 6) is 1.44. The summed E-state index contributed by atoms with van der Waals surface area (Å²) in [4.78, 5) is 10.1. The Morgan fingerprint density at radius 2 is 1.83 bits per heavy atom. The molecule has 0 aliphatic carbocycles. The maximum absolute atomic E-state index is 9.95. The largest absolute Gasteiger partial charge is 0.324 e. The van der Waals surface area contributed by atoms with E-state index in [1.807, 2.05) is 36.4 Å². The van der Waals surface area contributed by atoms with Gasteiger partial charge in [-0.15, -0.1) is 23.1 Å². The molecule has 1 N–H and O–H groups in total. The molecule has 0 unspecified atom stereocenters. The molecule has 0 aliphatic heterocycles. The van der Waals surface area contributed by atoms with Gasteiger partial charge in [-0.1, -0.05) is 55.0 Å². The Bertz CT molecular complexity index is 1190. The van der Waals surface area contributed by atoms with Crippen LogP contribution >= 0.6 is 23.1 Å².